The fraction of sp³-hybridized carbons (Fsp3) is 1.00. The van der Waals surface area contributed by atoms with Gasteiger partial charge in [-0.05, 0) is 32.4 Å². The Morgan fingerprint density at radius 2 is 1.83 bits per heavy atom. The molecule has 0 aromatic carbocycles. The Morgan fingerprint density at radius 3 is 2.17 bits per heavy atom. The molecule has 0 saturated heterocycles. The van der Waals surface area contributed by atoms with E-state index in [-0.39, 0.29) is 0 Å². The summed E-state index contributed by atoms with van der Waals surface area (Å²) in [6.45, 7) is 12.2. The lowest BCUT2D eigenvalue weighted by atomic mass is 10.0. The molecule has 0 aromatic heterocycles. The Balaban J connectivity index is 3.68. The molecule has 12 heavy (non-hydrogen) atoms. The van der Waals surface area contributed by atoms with Gasteiger partial charge in [-0.25, -0.2) is 0 Å². The molecule has 74 valence electrons. The van der Waals surface area contributed by atoms with E-state index < -0.39 is 0 Å². The summed E-state index contributed by atoms with van der Waals surface area (Å²) in [5.41, 5.74) is 5.81. The summed E-state index contributed by atoms with van der Waals surface area (Å²) in [6, 6.07) is 0.316. The zero-order chi connectivity index (χ0) is 9.56. The second-order valence-corrected chi connectivity index (χ2v) is 3.73. The highest BCUT2D eigenvalue weighted by molar-refractivity contribution is 4.68. The first-order valence-electron chi connectivity index (χ1n) is 5.09. The van der Waals surface area contributed by atoms with Crippen LogP contribution in [0.2, 0.25) is 0 Å². The van der Waals surface area contributed by atoms with E-state index in [1.54, 1.807) is 0 Å². The van der Waals surface area contributed by atoms with E-state index in [4.69, 9.17) is 5.73 Å². The minimum Gasteiger partial charge on any atom is -0.328 e. The Hall–Kier alpha value is -0.0800. The predicted octanol–water partition coefficient (Wildman–Crippen LogP) is 1.70. The van der Waals surface area contributed by atoms with Gasteiger partial charge < -0.3 is 10.6 Å². The smallest absolute Gasteiger partial charge is 0.00483 e. The van der Waals surface area contributed by atoms with Gasteiger partial charge in [0.05, 0.1) is 0 Å². The van der Waals surface area contributed by atoms with Gasteiger partial charge in [0, 0.05) is 12.6 Å². The van der Waals surface area contributed by atoms with Crippen LogP contribution in [0.3, 0.4) is 0 Å². The monoisotopic (exact) mass is 172 g/mol. The molecule has 0 rings (SSSR count). The fourth-order valence-corrected chi connectivity index (χ4v) is 1.27. The van der Waals surface area contributed by atoms with Gasteiger partial charge in [0.2, 0.25) is 0 Å². The van der Waals surface area contributed by atoms with Gasteiger partial charge in [0.1, 0.15) is 0 Å². The SMILES string of the molecule is CCCN(CC)CC(C)C(C)N. The van der Waals surface area contributed by atoms with Gasteiger partial charge in [0.25, 0.3) is 0 Å². The molecule has 2 N–H and O–H groups in total. The summed E-state index contributed by atoms with van der Waals surface area (Å²) in [5, 5.41) is 0. The summed E-state index contributed by atoms with van der Waals surface area (Å²) in [5.74, 6) is 0.608. The topological polar surface area (TPSA) is 29.3 Å². The van der Waals surface area contributed by atoms with Gasteiger partial charge in [-0.3, -0.25) is 0 Å². The molecule has 2 nitrogen and oxygen atoms in total. The normalized spacial score (nSPS) is 16.5. The van der Waals surface area contributed by atoms with Crippen molar-refractivity contribution < 1.29 is 0 Å². The highest BCUT2D eigenvalue weighted by Gasteiger charge is 2.10. The summed E-state index contributed by atoms with van der Waals surface area (Å²) in [4.78, 5) is 2.47. The quantitative estimate of drug-likeness (QED) is 0.661. The summed E-state index contributed by atoms with van der Waals surface area (Å²) in [6.07, 6.45) is 1.24. The molecule has 0 spiro atoms. The van der Waals surface area contributed by atoms with Crippen molar-refractivity contribution in [2.24, 2.45) is 11.7 Å². The van der Waals surface area contributed by atoms with Crippen molar-refractivity contribution in [3.8, 4) is 0 Å². The zero-order valence-corrected chi connectivity index (χ0v) is 9.01. The van der Waals surface area contributed by atoms with Crippen molar-refractivity contribution in [3.05, 3.63) is 0 Å². The Kier molecular flexibility index (Phi) is 6.39. The zero-order valence-electron chi connectivity index (χ0n) is 9.01. The molecule has 0 aliphatic heterocycles. The van der Waals surface area contributed by atoms with Crippen LogP contribution in [0.15, 0.2) is 0 Å². The number of hydrogen-bond acceptors (Lipinski definition) is 2. The van der Waals surface area contributed by atoms with E-state index in [1.165, 1.54) is 13.0 Å². The van der Waals surface area contributed by atoms with E-state index in [2.05, 4.69) is 32.6 Å². The first-order chi connectivity index (χ1) is 5.61. The maximum Gasteiger partial charge on any atom is 0.00483 e. The van der Waals surface area contributed by atoms with Crippen molar-refractivity contribution in [2.75, 3.05) is 19.6 Å². The van der Waals surface area contributed by atoms with Crippen LogP contribution < -0.4 is 5.73 Å². The first kappa shape index (κ1) is 11.9. The molecule has 0 aliphatic rings. The third-order valence-electron chi connectivity index (χ3n) is 2.43. The molecular formula is C10H24N2. The van der Waals surface area contributed by atoms with Crippen molar-refractivity contribution in [1.29, 1.82) is 0 Å². The molecule has 2 heteroatoms. The van der Waals surface area contributed by atoms with E-state index in [0.29, 0.717) is 12.0 Å². The predicted molar refractivity (Wildman–Crippen MR) is 55.2 cm³/mol. The van der Waals surface area contributed by atoms with E-state index in [9.17, 15) is 0 Å². The van der Waals surface area contributed by atoms with Crippen molar-refractivity contribution >= 4 is 0 Å². The largest absolute Gasteiger partial charge is 0.328 e. The second kappa shape index (κ2) is 6.44. The molecule has 0 bridgehead atoms. The van der Waals surface area contributed by atoms with Crippen LogP contribution in [0.5, 0.6) is 0 Å². The standard InChI is InChI=1S/C10H24N2/c1-5-7-12(6-2)8-9(3)10(4)11/h9-10H,5-8,11H2,1-4H3. The van der Waals surface area contributed by atoms with Crippen molar-refractivity contribution in [2.45, 2.75) is 40.2 Å². The fourth-order valence-electron chi connectivity index (χ4n) is 1.27. The van der Waals surface area contributed by atoms with Crippen LogP contribution in [0.25, 0.3) is 0 Å². The van der Waals surface area contributed by atoms with Gasteiger partial charge in [0.15, 0.2) is 0 Å². The maximum absolute atomic E-state index is 5.81. The highest BCUT2D eigenvalue weighted by atomic mass is 15.1. The molecule has 0 radical (unpaired) electrons. The average molecular weight is 172 g/mol. The summed E-state index contributed by atoms with van der Waals surface area (Å²) >= 11 is 0. The second-order valence-electron chi connectivity index (χ2n) is 3.73. The first-order valence-corrected chi connectivity index (χ1v) is 5.09. The molecular weight excluding hydrogens is 148 g/mol. The summed E-state index contributed by atoms with van der Waals surface area (Å²) < 4.78 is 0. The lowest BCUT2D eigenvalue weighted by Gasteiger charge is -2.25. The van der Waals surface area contributed by atoms with Crippen molar-refractivity contribution in [3.63, 3.8) is 0 Å². The van der Waals surface area contributed by atoms with Gasteiger partial charge >= 0.3 is 0 Å². The number of nitrogens with two attached hydrogens (primary N) is 1. The minimum absolute atomic E-state index is 0.316. The van der Waals surface area contributed by atoms with E-state index in [0.717, 1.165) is 13.1 Å². The average Bonchev–Trinajstić information content (AvgIpc) is 2.03. The molecule has 0 amide bonds. The van der Waals surface area contributed by atoms with Crippen LogP contribution in [0.4, 0.5) is 0 Å². The summed E-state index contributed by atoms with van der Waals surface area (Å²) in [7, 11) is 0. The molecule has 0 aromatic rings. The van der Waals surface area contributed by atoms with Crippen LogP contribution in [-0.4, -0.2) is 30.6 Å². The van der Waals surface area contributed by atoms with Crippen LogP contribution in [0, 0.1) is 5.92 Å². The van der Waals surface area contributed by atoms with Gasteiger partial charge in [-0.2, -0.15) is 0 Å². The lowest BCUT2D eigenvalue weighted by Crippen LogP contribution is -2.36. The number of nitrogens with zero attached hydrogens (tertiary/aromatic N) is 1. The van der Waals surface area contributed by atoms with Crippen molar-refractivity contribution in [1.82, 2.24) is 4.90 Å². The molecule has 0 heterocycles. The van der Waals surface area contributed by atoms with Crippen LogP contribution in [0.1, 0.15) is 34.1 Å². The molecule has 0 aliphatic carbocycles. The Bertz CT molecular complexity index is 102. The van der Waals surface area contributed by atoms with Gasteiger partial charge in [-0.1, -0.05) is 20.8 Å². The third-order valence-corrected chi connectivity index (χ3v) is 2.43. The van der Waals surface area contributed by atoms with E-state index in [1.807, 2.05) is 0 Å². The molecule has 2 atom stereocenters. The maximum atomic E-state index is 5.81. The Labute approximate surface area is 77.1 Å². The Morgan fingerprint density at radius 1 is 1.25 bits per heavy atom. The molecule has 2 unspecified atom stereocenters. The van der Waals surface area contributed by atoms with Gasteiger partial charge in [-0.15, -0.1) is 0 Å². The minimum atomic E-state index is 0.316. The number of hydrogen-bond donors (Lipinski definition) is 1. The van der Waals surface area contributed by atoms with Crippen LogP contribution in [-0.2, 0) is 0 Å². The third kappa shape index (κ3) is 4.73. The molecule has 0 fully saturated rings. The lowest BCUT2D eigenvalue weighted by molar-refractivity contribution is 0.236. The van der Waals surface area contributed by atoms with Crippen LogP contribution >= 0.6 is 0 Å². The highest BCUT2D eigenvalue weighted by Crippen LogP contribution is 2.03. The number of rotatable bonds is 6. The molecule has 0 saturated carbocycles. The van der Waals surface area contributed by atoms with E-state index >= 15 is 0 Å².